The highest BCUT2D eigenvalue weighted by Crippen LogP contribution is 2.11. The Kier molecular flexibility index (Phi) is 6.70. The van der Waals surface area contributed by atoms with E-state index < -0.39 is 5.60 Å². The Morgan fingerprint density at radius 3 is 2.75 bits per heavy atom. The average Bonchev–Trinajstić information content (AvgIpc) is 2.74. The Morgan fingerprint density at radius 1 is 1.35 bits per heavy atom. The van der Waals surface area contributed by atoms with Gasteiger partial charge in [-0.15, -0.1) is 0 Å². The predicted molar refractivity (Wildman–Crippen MR) is 81.2 cm³/mol. The fourth-order valence-electron chi connectivity index (χ4n) is 1.44. The Labute approximate surface area is 124 Å². The SMILES string of the molecule is CCCc1nsc(NCCCNC(=O)OC(C)(C)C)n1. The van der Waals surface area contributed by atoms with Crippen LogP contribution < -0.4 is 10.6 Å². The molecule has 0 spiro atoms. The van der Waals surface area contributed by atoms with Gasteiger partial charge in [0.25, 0.3) is 0 Å². The van der Waals surface area contributed by atoms with Crippen LogP contribution >= 0.6 is 11.5 Å². The van der Waals surface area contributed by atoms with E-state index in [2.05, 4.69) is 26.9 Å². The first-order valence-electron chi connectivity index (χ1n) is 6.94. The summed E-state index contributed by atoms with van der Waals surface area (Å²) in [6, 6.07) is 0. The maximum absolute atomic E-state index is 11.4. The Bertz CT molecular complexity index is 415. The van der Waals surface area contributed by atoms with Gasteiger partial charge in [0.2, 0.25) is 5.13 Å². The maximum Gasteiger partial charge on any atom is 0.407 e. The van der Waals surface area contributed by atoms with Crippen molar-refractivity contribution in [3.8, 4) is 0 Å². The molecule has 0 aliphatic rings. The van der Waals surface area contributed by atoms with E-state index in [1.807, 2.05) is 20.8 Å². The van der Waals surface area contributed by atoms with Gasteiger partial charge in [0.05, 0.1) is 0 Å². The first kappa shape index (κ1) is 16.7. The molecule has 6 nitrogen and oxygen atoms in total. The third kappa shape index (κ3) is 7.28. The van der Waals surface area contributed by atoms with Crippen molar-refractivity contribution >= 4 is 22.8 Å². The highest BCUT2D eigenvalue weighted by atomic mass is 32.1. The van der Waals surface area contributed by atoms with E-state index in [-0.39, 0.29) is 6.09 Å². The molecule has 0 aliphatic carbocycles. The minimum absolute atomic E-state index is 0.376. The molecule has 1 aromatic rings. The molecule has 0 unspecified atom stereocenters. The monoisotopic (exact) mass is 300 g/mol. The highest BCUT2D eigenvalue weighted by Gasteiger charge is 2.15. The Balaban J connectivity index is 2.11. The molecule has 0 atom stereocenters. The lowest BCUT2D eigenvalue weighted by atomic mass is 10.2. The molecule has 1 rings (SSSR count). The second-order valence-corrected chi connectivity index (χ2v) is 6.23. The largest absolute Gasteiger partial charge is 0.444 e. The van der Waals surface area contributed by atoms with Crippen molar-refractivity contribution in [2.75, 3.05) is 18.4 Å². The molecule has 1 heterocycles. The van der Waals surface area contributed by atoms with Gasteiger partial charge in [-0.1, -0.05) is 6.92 Å². The van der Waals surface area contributed by atoms with E-state index in [4.69, 9.17) is 4.74 Å². The third-order valence-corrected chi connectivity index (χ3v) is 2.95. The van der Waals surface area contributed by atoms with Crippen molar-refractivity contribution in [2.24, 2.45) is 0 Å². The number of carbonyl (C=O) groups is 1. The number of alkyl carbamates (subject to hydrolysis) is 1. The predicted octanol–water partition coefficient (Wildman–Crippen LogP) is 2.82. The second-order valence-electron chi connectivity index (χ2n) is 5.47. The summed E-state index contributed by atoms with van der Waals surface area (Å²) in [6.07, 6.45) is 2.40. The molecule has 0 fully saturated rings. The molecular formula is C13H24N4O2S. The van der Waals surface area contributed by atoms with Crippen molar-refractivity contribution in [2.45, 2.75) is 52.6 Å². The molecule has 0 bridgehead atoms. The van der Waals surface area contributed by atoms with Gasteiger partial charge in [0, 0.05) is 31.0 Å². The average molecular weight is 300 g/mol. The highest BCUT2D eigenvalue weighted by molar-refractivity contribution is 7.09. The fraction of sp³-hybridized carbons (Fsp3) is 0.769. The molecule has 114 valence electrons. The van der Waals surface area contributed by atoms with Crippen LogP contribution in [0.5, 0.6) is 0 Å². The van der Waals surface area contributed by atoms with Gasteiger partial charge in [-0.25, -0.2) is 9.78 Å². The van der Waals surface area contributed by atoms with E-state index in [1.165, 1.54) is 11.5 Å². The first-order chi connectivity index (χ1) is 9.40. The minimum atomic E-state index is -0.454. The van der Waals surface area contributed by atoms with Crippen LogP contribution in [0.4, 0.5) is 9.93 Å². The van der Waals surface area contributed by atoms with Crippen molar-refractivity contribution in [3.63, 3.8) is 0 Å². The summed E-state index contributed by atoms with van der Waals surface area (Å²) in [7, 11) is 0. The number of hydrogen-bond acceptors (Lipinski definition) is 6. The van der Waals surface area contributed by atoms with Crippen LogP contribution in [0.1, 0.15) is 46.4 Å². The fourth-order valence-corrected chi connectivity index (χ4v) is 2.08. The zero-order chi connectivity index (χ0) is 15.0. The Morgan fingerprint density at radius 2 is 2.10 bits per heavy atom. The molecule has 1 amide bonds. The molecular weight excluding hydrogens is 276 g/mol. The van der Waals surface area contributed by atoms with Crippen molar-refractivity contribution in [1.29, 1.82) is 0 Å². The van der Waals surface area contributed by atoms with Gasteiger partial charge in [0.1, 0.15) is 11.4 Å². The minimum Gasteiger partial charge on any atom is -0.444 e. The lowest BCUT2D eigenvalue weighted by Gasteiger charge is -2.19. The van der Waals surface area contributed by atoms with Gasteiger partial charge >= 0.3 is 6.09 Å². The number of ether oxygens (including phenoxy) is 1. The number of aromatic nitrogens is 2. The van der Waals surface area contributed by atoms with Crippen LogP contribution in [-0.4, -0.2) is 34.1 Å². The van der Waals surface area contributed by atoms with Crippen molar-refractivity contribution in [3.05, 3.63) is 5.82 Å². The zero-order valence-electron chi connectivity index (χ0n) is 12.7. The molecule has 0 saturated carbocycles. The molecule has 0 aliphatic heterocycles. The topological polar surface area (TPSA) is 76.1 Å². The summed E-state index contributed by atoms with van der Waals surface area (Å²) in [4.78, 5) is 15.8. The van der Waals surface area contributed by atoms with Gasteiger partial charge in [-0.05, 0) is 33.6 Å². The van der Waals surface area contributed by atoms with Crippen LogP contribution in [0.3, 0.4) is 0 Å². The molecule has 1 aromatic heterocycles. The number of anilines is 1. The number of aryl methyl sites for hydroxylation is 1. The summed E-state index contributed by atoms with van der Waals surface area (Å²) in [5, 5.41) is 6.75. The molecule has 20 heavy (non-hydrogen) atoms. The lowest BCUT2D eigenvalue weighted by Crippen LogP contribution is -2.33. The van der Waals surface area contributed by atoms with E-state index >= 15 is 0 Å². The van der Waals surface area contributed by atoms with Crippen LogP contribution in [-0.2, 0) is 11.2 Å². The molecule has 2 N–H and O–H groups in total. The Hall–Kier alpha value is -1.37. The van der Waals surface area contributed by atoms with E-state index in [0.717, 1.165) is 36.8 Å². The summed E-state index contributed by atoms with van der Waals surface area (Å²) < 4.78 is 9.39. The van der Waals surface area contributed by atoms with Gasteiger partial charge in [-0.3, -0.25) is 0 Å². The summed E-state index contributed by atoms with van der Waals surface area (Å²) in [6.45, 7) is 8.96. The van der Waals surface area contributed by atoms with E-state index in [0.29, 0.717) is 6.54 Å². The summed E-state index contributed by atoms with van der Waals surface area (Å²) >= 11 is 1.38. The lowest BCUT2D eigenvalue weighted by molar-refractivity contribution is 0.0528. The zero-order valence-corrected chi connectivity index (χ0v) is 13.5. The number of hydrogen-bond donors (Lipinski definition) is 2. The summed E-state index contributed by atoms with van der Waals surface area (Å²) in [5.41, 5.74) is -0.454. The third-order valence-electron chi connectivity index (χ3n) is 2.24. The quantitative estimate of drug-likeness (QED) is 0.757. The first-order valence-corrected chi connectivity index (χ1v) is 7.71. The second kappa shape index (κ2) is 8.04. The molecule has 0 aromatic carbocycles. The normalized spacial score (nSPS) is 11.2. The number of rotatable bonds is 7. The number of nitrogens with one attached hydrogen (secondary N) is 2. The van der Waals surface area contributed by atoms with E-state index in [9.17, 15) is 4.79 Å². The summed E-state index contributed by atoms with van der Waals surface area (Å²) in [5.74, 6) is 0.895. The maximum atomic E-state index is 11.4. The van der Waals surface area contributed by atoms with Gasteiger partial charge in [-0.2, -0.15) is 4.37 Å². The van der Waals surface area contributed by atoms with Gasteiger partial charge in [0.15, 0.2) is 0 Å². The van der Waals surface area contributed by atoms with Crippen LogP contribution in [0.15, 0.2) is 0 Å². The number of nitrogens with zero attached hydrogens (tertiary/aromatic N) is 2. The van der Waals surface area contributed by atoms with Crippen molar-refractivity contribution in [1.82, 2.24) is 14.7 Å². The molecule has 0 radical (unpaired) electrons. The van der Waals surface area contributed by atoms with Crippen LogP contribution in [0.2, 0.25) is 0 Å². The molecule has 7 heteroatoms. The number of amides is 1. The smallest absolute Gasteiger partial charge is 0.407 e. The standard InChI is InChI=1S/C13H24N4O2S/c1-5-7-10-16-11(20-17-10)14-8-6-9-15-12(18)19-13(2,3)4/h5-9H2,1-4H3,(H,15,18)(H,14,16,17). The molecule has 0 saturated heterocycles. The van der Waals surface area contributed by atoms with Gasteiger partial charge < -0.3 is 15.4 Å². The van der Waals surface area contributed by atoms with Crippen molar-refractivity contribution < 1.29 is 9.53 Å². The van der Waals surface area contributed by atoms with E-state index in [1.54, 1.807) is 0 Å². The van der Waals surface area contributed by atoms with Crippen LogP contribution in [0, 0.1) is 0 Å². The number of carbonyl (C=O) groups excluding carboxylic acids is 1. The van der Waals surface area contributed by atoms with Crippen LogP contribution in [0.25, 0.3) is 0 Å².